The van der Waals surface area contributed by atoms with Crippen molar-refractivity contribution in [2.45, 2.75) is 13.8 Å². The van der Waals surface area contributed by atoms with E-state index in [4.69, 9.17) is 16.4 Å². The minimum Gasteiger partial charge on any atom is -0.506 e. The first kappa shape index (κ1) is 12.8. The van der Waals surface area contributed by atoms with Gasteiger partial charge in [0.1, 0.15) is 5.75 Å². The summed E-state index contributed by atoms with van der Waals surface area (Å²) in [5.41, 5.74) is 2.64. The van der Waals surface area contributed by atoms with Gasteiger partial charge in [-0.05, 0) is 24.1 Å². The molecule has 0 saturated heterocycles. The molecule has 0 saturated carbocycles. The molecule has 1 amide bonds. The Balaban J connectivity index is 2.56. The van der Waals surface area contributed by atoms with Crippen LogP contribution in [-0.4, -0.2) is 17.6 Å². The largest absolute Gasteiger partial charge is 0.506 e. The number of carbonyl (C=O) groups is 1. The lowest BCUT2D eigenvalue weighted by Gasteiger charge is -2.08. The van der Waals surface area contributed by atoms with Crippen molar-refractivity contribution >= 4 is 17.5 Å². The minimum atomic E-state index is -0.387. The van der Waals surface area contributed by atoms with Gasteiger partial charge in [-0.15, -0.1) is 0 Å². The molecule has 1 rings (SSSR count). The predicted molar refractivity (Wildman–Crippen MR) is 61.4 cm³/mol. The van der Waals surface area contributed by atoms with E-state index in [1.165, 1.54) is 18.2 Å². The van der Waals surface area contributed by atoms with Crippen LogP contribution in [0.3, 0.4) is 0 Å². The second kappa shape index (κ2) is 5.72. The standard InChI is InChI=1S/C11H14ClNO3/c1-7(2)6-16-13-11(15)8-3-4-10(14)9(12)5-8/h3-5,7,14H,6H2,1-2H3,(H,13,15). The summed E-state index contributed by atoms with van der Waals surface area (Å²) < 4.78 is 0. The fourth-order valence-corrected chi connectivity index (χ4v) is 1.16. The van der Waals surface area contributed by atoms with Crippen molar-refractivity contribution in [1.29, 1.82) is 0 Å². The Morgan fingerprint density at radius 1 is 1.56 bits per heavy atom. The molecular formula is C11H14ClNO3. The van der Waals surface area contributed by atoms with Crippen LogP contribution in [0.4, 0.5) is 0 Å². The summed E-state index contributed by atoms with van der Waals surface area (Å²) in [7, 11) is 0. The van der Waals surface area contributed by atoms with E-state index in [-0.39, 0.29) is 16.7 Å². The minimum absolute atomic E-state index is 0.0543. The van der Waals surface area contributed by atoms with Gasteiger partial charge in [0.2, 0.25) is 0 Å². The van der Waals surface area contributed by atoms with Crippen LogP contribution < -0.4 is 5.48 Å². The highest BCUT2D eigenvalue weighted by atomic mass is 35.5. The van der Waals surface area contributed by atoms with E-state index < -0.39 is 0 Å². The molecule has 0 fully saturated rings. The number of rotatable bonds is 4. The normalized spacial score (nSPS) is 10.5. The first-order valence-electron chi connectivity index (χ1n) is 4.91. The summed E-state index contributed by atoms with van der Waals surface area (Å²) in [5.74, 6) is -0.104. The van der Waals surface area contributed by atoms with Gasteiger partial charge in [-0.1, -0.05) is 25.4 Å². The number of halogens is 1. The van der Waals surface area contributed by atoms with Crippen molar-refractivity contribution in [2.24, 2.45) is 5.92 Å². The molecule has 4 nitrogen and oxygen atoms in total. The molecule has 0 spiro atoms. The third-order valence-electron chi connectivity index (χ3n) is 1.79. The van der Waals surface area contributed by atoms with E-state index in [9.17, 15) is 9.90 Å². The number of hydrogen-bond donors (Lipinski definition) is 2. The fraction of sp³-hybridized carbons (Fsp3) is 0.364. The van der Waals surface area contributed by atoms with Crippen LogP contribution in [0.5, 0.6) is 5.75 Å². The lowest BCUT2D eigenvalue weighted by atomic mass is 10.2. The monoisotopic (exact) mass is 243 g/mol. The zero-order valence-corrected chi connectivity index (χ0v) is 9.91. The molecule has 16 heavy (non-hydrogen) atoms. The summed E-state index contributed by atoms with van der Waals surface area (Å²) in [6, 6.07) is 4.21. The van der Waals surface area contributed by atoms with Crippen LogP contribution in [-0.2, 0) is 4.84 Å². The molecule has 0 heterocycles. The van der Waals surface area contributed by atoms with Gasteiger partial charge < -0.3 is 5.11 Å². The highest BCUT2D eigenvalue weighted by Gasteiger charge is 2.08. The molecule has 0 radical (unpaired) electrons. The van der Waals surface area contributed by atoms with E-state index in [1.807, 2.05) is 13.8 Å². The molecule has 2 N–H and O–H groups in total. The van der Waals surface area contributed by atoms with Crippen molar-refractivity contribution in [3.05, 3.63) is 28.8 Å². The van der Waals surface area contributed by atoms with Crippen molar-refractivity contribution in [2.75, 3.05) is 6.61 Å². The molecule has 0 atom stereocenters. The summed E-state index contributed by atoms with van der Waals surface area (Å²) >= 11 is 5.67. The maximum absolute atomic E-state index is 11.5. The second-order valence-corrected chi connectivity index (χ2v) is 4.21. The second-order valence-electron chi connectivity index (χ2n) is 3.80. The number of phenols is 1. The molecule has 1 aromatic carbocycles. The Labute approximate surface area is 99.1 Å². The SMILES string of the molecule is CC(C)CONC(=O)c1ccc(O)c(Cl)c1. The summed E-state index contributed by atoms with van der Waals surface area (Å²) in [4.78, 5) is 16.5. The smallest absolute Gasteiger partial charge is 0.274 e. The first-order chi connectivity index (χ1) is 7.50. The summed E-state index contributed by atoms with van der Waals surface area (Å²) in [6.45, 7) is 4.39. The molecule has 0 aliphatic carbocycles. The summed E-state index contributed by atoms with van der Waals surface area (Å²) in [6.07, 6.45) is 0. The predicted octanol–water partition coefficient (Wildman–Crippen LogP) is 2.36. The molecule has 0 unspecified atom stereocenters. The van der Waals surface area contributed by atoms with Crippen LogP contribution in [0.2, 0.25) is 5.02 Å². The highest BCUT2D eigenvalue weighted by Crippen LogP contribution is 2.23. The van der Waals surface area contributed by atoms with Crippen LogP contribution >= 0.6 is 11.6 Å². The van der Waals surface area contributed by atoms with Gasteiger partial charge in [0.05, 0.1) is 11.6 Å². The van der Waals surface area contributed by atoms with E-state index >= 15 is 0 Å². The average Bonchev–Trinajstić information content (AvgIpc) is 2.21. The average molecular weight is 244 g/mol. The van der Waals surface area contributed by atoms with Gasteiger partial charge in [-0.3, -0.25) is 9.63 Å². The van der Waals surface area contributed by atoms with E-state index in [0.717, 1.165) is 0 Å². The molecule has 0 aromatic heterocycles. The maximum atomic E-state index is 11.5. The highest BCUT2D eigenvalue weighted by molar-refractivity contribution is 6.32. The Morgan fingerprint density at radius 3 is 2.81 bits per heavy atom. The number of carbonyl (C=O) groups excluding carboxylic acids is 1. The molecule has 88 valence electrons. The van der Waals surface area contributed by atoms with E-state index in [1.54, 1.807) is 0 Å². The van der Waals surface area contributed by atoms with Gasteiger partial charge >= 0.3 is 0 Å². The number of benzene rings is 1. The molecule has 1 aromatic rings. The third kappa shape index (κ3) is 3.72. The van der Waals surface area contributed by atoms with E-state index in [0.29, 0.717) is 18.1 Å². The third-order valence-corrected chi connectivity index (χ3v) is 2.09. The molecule has 0 aliphatic rings. The number of hydroxylamine groups is 1. The van der Waals surface area contributed by atoms with Crippen LogP contribution in [0, 0.1) is 5.92 Å². The topological polar surface area (TPSA) is 58.6 Å². The van der Waals surface area contributed by atoms with Crippen molar-refractivity contribution in [3.63, 3.8) is 0 Å². The van der Waals surface area contributed by atoms with Gasteiger partial charge in [-0.25, -0.2) is 5.48 Å². The Hall–Kier alpha value is -1.26. The van der Waals surface area contributed by atoms with Crippen LogP contribution in [0.1, 0.15) is 24.2 Å². The lowest BCUT2D eigenvalue weighted by Crippen LogP contribution is -2.25. The van der Waals surface area contributed by atoms with Crippen molar-refractivity contribution in [3.8, 4) is 5.75 Å². The Kier molecular flexibility index (Phi) is 4.58. The molecule has 5 heteroatoms. The zero-order valence-electron chi connectivity index (χ0n) is 9.16. The lowest BCUT2D eigenvalue weighted by molar-refractivity contribution is 0.0208. The quantitative estimate of drug-likeness (QED) is 0.799. The number of aromatic hydroxyl groups is 1. The number of nitrogens with one attached hydrogen (secondary N) is 1. The zero-order chi connectivity index (χ0) is 12.1. The Morgan fingerprint density at radius 2 is 2.25 bits per heavy atom. The maximum Gasteiger partial charge on any atom is 0.274 e. The van der Waals surface area contributed by atoms with Gasteiger partial charge in [-0.2, -0.15) is 0 Å². The van der Waals surface area contributed by atoms with Gasteiger partial charge in [0.25, 0.3) is 5.91 Å². The number of hydrogen-bond acceptors (Lipinski definition) is 3. The Bertz CT molecular complexity index is 379. The van der Waals surface area contributed by atoms with Crippen LogP contribution in [0.15, 0.2) is 18.2 Å². The summed E-state index contributed by atoms with van der Waals surface area (Å²) in [5, 5.41) is 9.32. The van der Waals surface area contributed by atoms with Gasteiger partial charge in [0, 0.05) is 5.56 Å². The molecule has 0 aliphatic heterocycles. The van der Waals surface area contributed by atoms with Crippen LogP contribution in [0.25, 0.3) is 0 Å². The number of amides is 1. The molecular weight excluding hydrogens is 230 g/mol. The van der Waals surface area contributed by atoms with Crippen molar-refractivity contribution < 1.29 is 14.7 Å². The van der Waals surface area contributed by atoms with Gasteiger partial charge in [0.15, 0.2) is 0 Å². The van der Waals surface area contributed by atoms with E-state index in [2.05, 4.69) is 5.48 Å². The first-order valence-corrected chi connectivity index (χ1v) is 5.29. The fourth-order valence-electron chi connectivity index (χ4n) is 0.981. The number of phenolic OH excluding ortho intramolecular Hbond substituents is 1. The van der Waals surface area contributed by atoms with Crippen molar-refractivity contribution in [1.82, 2.24) is 5.48 Å². The molecule has 0 bridgehead atoms.